The van der Waals surface area contributed by atoms with Crippen molar-refractivity contribution in [3.8, 4) is 0 Å². The molecule has 0 saturated carbocycles. The highest BCUT2D eigenvalue weighted by Gasteiger charge is 2.35. The van der Waals surface area contributed by atoms with Crippen LogP contribution >= 0.6 is 0 Å². The average Bonchev–Trinajstić information content (AvgIpc) is 2.88. The van der Waals surface area contributed by atoms with E-state index in [9.17, 15) is 27.9 Å². The first kappa shape index (κ1) is 26.9. The van der Waals surface area contributed by atoms with E-state index in [1.165, 1.54) is 4.90 Å². The molecule has 1 atom stereocenters. The number of nitrogens with one attached hydrogen (secondary N) is 1. The Morgan fingerprint density at radius 1 is 1.08 bits per heavy atom. The zero-order chi connectivity index (χ0) is 27.3. The van der Waals surface area contributed by atoms with Gasteiger partial charge in [-0.15, -0.1) is 0 Å². The highest BCUT2D eigenvalue weighted by atomic mass is 19.4. The van der Waals surface area contributed by atoms with Crippen LogP contribution in [-0.2, 0) is 30.2 Å². The Morgan fingerprint density at radius 2 is 1.79 bits per heavy atom. The Labute approximate surface area is 217 Å². The molecule has 8 nitrogen and oxygen atoms in total. The number of halogens is 3. The molecule has 1 fully saturated rings. The lowest BCUT2D eigenvalue weighted by Crippen LogP contribution is -2.38. The molecule has 11 heteroatoms. The van der Waals surface area contributed by atoms with Crippen molar-refractivity contribution in [1.29, 1.82) is 0 Å². The number of piperidine rings is 1. The van der Waals surface area contributed by atoms with Gasteiger partial charge in [0.1, 0.15) is 0 Å². The fraction of sp³-hybridized carbons (Fsp3) is 0.333. The Balaban J connectivity index is 1.50. The van der Waals surface area contributed by atoms with Crippen molar-refractivity contribution >= 4 is 23.6 Å². The van der Waals surface area contributed by atoms with Gasteiger partial charge in [0.05, 0.1) is 17.7 Å². The van der Waals surface area contributed by atoms with Gasteiger partial charge in [-0.25, -0.2) is 14.8 Å². The van der Waals surface area contributed by atoms with Crippen LogP contribution in [0.3, 0.4) is 0 Å². The number of benzene rings is 2. The highest BCUT2D eigenvalue weighted by molar-refractivity contribution is 5.77. The predicted molar refractivity (Wildman–Crippen MR) is 135 cm³/mol. The van der Waals surface area contributed by atoms with Crippen molar-refractivity contribution in [2.75, 3.05) is 18.4 Å². The predicted octanol–water partition coefficient (Wildman–Crippen LogP) is 4.91. The molecule has 38 heavy (non-hydrogen) atoms. The summed E-state index contributed by atoms with van der Waals surface area (Å²) in [5, 5.41) is 12.2. The Kier molecular flexibility index (Phi) is 8.13. The second kappa shape index (κ2) is 11.5. The number of hydrogen-bond donors (Lipinski definition) is 3. The van der Waals surface area contributed by atoms with Crippen LogP contribution < -0.4 is 11.1 Å². The van der Waals surface area contributed by atoms with Gasteiger partial charge in [-0.1, -0.05) is 36.4 Å². The van der Waals surface area contributed by atoms with Crippen molar-refractivity contribution in [2.45, 2.75) is 44.2 Å². The molecule has 1 aliphatic rings. The van der Waals surface area contributed by atoms with E-state index in [1.807, 2.05) is 12.1 Å². The maximum Gasteiger partial charge on any atom is 0.419 e. The molecule has 1 aliphatic heterocycles. The largest absolute Gasteiger partial charge is 0.465 e. The maximum absolute atomic E-state index is 13.7. The summed E-state index contributed by atoms with van der Waals surface area (Å²) in [4.78, 5) is 32.1. The number of aromatic nitrogens is 2. The van der Waals surface area contributed by atoms with Crippen LogP contribution in [-0.4, -0.2) is 45.1 Å². The molecular weight excluding hydrogens is 499 g/mol. The summed E-state index contributed by atoms with van der Waals surface area (Å²) >= 11 is 0. The molecule has 0 radical (unpaired) electrons. The SMILES string of the molecule is NC(=O)Cc1ccccc1CCc1nc(Nc2ccc(C3CCCN(C(=O)O)C3)cc2)ncc1C(F)(F)F. The number of aryl methyl sites for hydroxylation is 2. The molecule has 0 bridgehead atoms. The quantitative estimate of drug-likeness (QED) is 0.383. The lowest BCUT2D eigenvalue weighted by Gasteiger charge is -2.31. The number of carboxylic acid groups (broad SMARTS) is 1. The molecule has 1 saturated heterocycles. The lowest BCUT2D eigenvalue weighted by molar-refractivity contribution is -0.138. The van der Waals surface area contributed by atoms with Crippen molar-refractivity contribution in [3.63, 3.8) is 0 Å². The third kappa shape index (κ3) is 6.78. The summed E-state index contributed by atoms with van der Waals surface area (Å²) in [6.45, 7) is 0.950. The summed E-state index contributed by atoms with van der Waals surface area (Å²) in [5.74, 6) is -0.406. The molecule has 1 aromatic heterocycles. The fourth-order valence-electron chi connectivity index (χ4n) is 4.71. The van der Waals surface area contributed by atoms with Crippen molar-refractivity contribution in [1.82, 2.24) is 14.9 Å². The van der Waals surface area contributed by atoms with Gasteiger partial charge in [0.15, 0.2) is 0 Å². The number of nitrogens with two attached hydrogens (primary N) is 1. The van der Waals surface area contributed by atoms with Crippen LogP contribution in [0.5, 0.6) is 0 Å². The summed E-state index contributed by atoms with van der Waals surface area (Å²) in [5.41, 5.74) is 7.22. The Bertz CT molecular complexity index is 1300. The average molecular weight is 528 g/mol. The van der Waals surface area contributed by atoms with Gasteiger partial charge in [-0.2, -0.15) is 13.2 Å². The lowest BCUT2D eigenvalue weighted by atomic mass is 9.91. The monoisotopic (exact) mass is 527 g/mol. The van der Waals surface area contributed by atoms with E-state index in [2.05, 4.69) is 15.3 Å². The number of alkyl halides is 3. The summed E-state index contributed by atoms with van der Waals surface area (Å²) < 4.78 is 41.0. The molecule has 2 heterocycles. The Morgan fingerprint density at radius 3 is 2.45 bits per heavy atom. The van der Waals surface area contributed by atoms with Crippen LogP contribution in [0.15, 0.2) is 54.7 Å². The first-order valence-electron chi connectivity index (χ1n) is 12.2. The van der Waals surface area contributed by atoms with E-state index in [0.29, 0.717) is 24.3 Å². The number of carbonyl (C=O) groups excluding carboxylic acids is 1. The first-order chi connectivity index (χ1) is 18.1. The normalized spacial score (nSPS) is 15.8. The molecular formula is C27H28F3N5O3. The van der Waals surface area contributed by atoms with Crippen LogP contribution in [0.4, 0.5) is 29.6 Å². The second-order valence-electron chi connectivity index (χ2n) is 9.28. The van der Waals surface area contributed by atoms with Crippen molar-refractivity contribution in [3.05, 3.63) is 82.7 Å². The number of anilines is 2. The van der Waals surface area contributed by atoms with E-state index in [-0.39, 0.29) is 36.8 Å². The molecule has 0 aliphatic carbocycles. The smallest absolute Gasteiger partial charge is 0.419 e. The minimum atomic E-state index is -4.62. The standard InChI is InChI=1S/C27H28F3N5O3/c28-27(29,30)22-15-32-25(34-23(22)12-9-17-4-1-2-5-19(17)14-24(31)36)33-21-10-7-18(8-11-21)20-6-3-13-35(16-20)26(37)38/h1-2,4-5,7-8,10-11,15,20H,3,6,9,12-14,16H2,(H2,31,36)(H,37,38)(H,32,33,34). The highest BCUT2D eigenvalue weighted by Crippen LogP contribution is 2.33. The molecule has 4 rings (SSSR count). The summed E-state index contributed by atoms with van der Waals surface area (Å²) in [6, 6.07) is 14.3. The third-order valence-electron chi connectivity index (χ3n) is 6.62. The van der Waals surface area contributed by atoms with Gasteiger partial charge < -0.3 is 21.1 Å². The van der Waals surface area contributed by atoms with Crippen LogP contribution in [0.25, 0.3) is 0 Å². The van der Waals surface area contributed by atoms with Gasteiger partial charge >= 0.3 is 12.3 Å². The third-order valence-corrected chi connectivity index (χ3v) is 6.62. The fourth-order valence-corrected chi connectivity index (χ4v) is 4.71. The first-order valence-corrected chi connectivity index (χ1v) is 12.2. The zero-order valence-corrected chi connectivity index (χ0v) is 20.5. The maximum atomic E-state index is 13.7. The minimum Gasteiger partial charge on any atom is -0.465 e. The van der Waals surface area contributed by atoms with Gasteiger partial charge in [-0.05, 0) is 54.5 Å². The second-order valence-corrected chi connectivity index (χ2v) is 9.28. The topological polar surface area (TPSA) is 121 Å². The number of rotatable bonds is 8. The van der Waals surface area contributed by atoms with Crippen LogP contribution in [0.1, 0.15) is 46.7 Å². The van der Waals surface area contributed by atoms with Crippen LogP contribution in [0, 0.1) is 0 Å². The molecule has 200 valence electrons. The Hall–Kier alpha value is -4.15. The van der Waals surface area contributed by atoms with E-state index in [0.717, 1.165) is 30.2 Å². The summed E-state index contributed by atoms with van der Waals surface area (Å²) in [7, 11) is 0. The number of likely N-dealkylation sites (tertiary alicyclic amines) is 1. The molecule has 3 aromatic rings. The number of nitrogens with zero attached hydrogens (tertiary/aromatic N) is 3. The molecule has 2 aromatic carbocycles. The number of hydrogen-bond acceptors (Lipinski definition) is 5. The summed E-state index contributed by atoms with van der Waals surface area (Å²) in [6.07, 6.45) is -2.88. The molecule has 0 spiro atoms. The van der Waals surface area contributed by atoms with Crippen molar-refractivity contribution in [2.24, 2.45) is 5.73 Å². The van der Waals surface area contributed by atoms with E-state index >= 15 is 0 Å². The molecule has 1 unspecified atom stereocenters. The van der Waals surface area contributed by atoms with Gasteiger partial charge in [0.2, 0.25) is 11.9 Å². The molecule has 2 amide bonds. The van der Waals surface area contributed by atoms with E-state index < -0.39 is 23.7 Å². The van der Waals surface area contributed by atoms with E-state index in [1.54, 1.807) is 36.4 Å². The number of carbonyl (C=O) groups is 2. The van der Waals surface area contributed by atoms with E-state index in [4.69, 9.17) is 5.73 Å². The van der Waals surface area contributed by atoms with Crippen LogP contribution in [0.2, 0.25) is 0 Å². The minimum absolute atomic E-state index is 0.00404. The van der Waals surface area contributed by atoms with Gasteiger partial charge in [0.25, 0.3) is 0 Å². The zero-order valence-electron chi connectivity index (χ0n) is 20.5. The van der Waals surface area contributed by atoms with Crippen molar-refractivity contribution < 1.29 is 27.9 Å². The number of amides is 2. The van der Waals surface area contributed by atoms with Gasteiger partial charge in [-0.3, -0.25) is 4.79 Å². The van der Waals surface area contributed by atoms with Gasteiger partial charge in [0, 0.05) is 30.9 Å². The number of primary amides is 1. The molecule has 4 N–H and O–H groups in total.